The third-order valence-electron chi connectivity index (χ3n) is 3.30. The smallest absolute Gasteiger partial charge is 0.251 e. The van der Waals surface area contributed by atoms with Crippen molar-refractivity contribution in [3.8, 4) is 11.3 Å². The van der Waals surface area contributed by atoms with Crippen LogP contribution in [-0.4, -0.2) is 4.57 Å². The fraction of sp³-hybridized carbons (Fsp3) is 0.227. The van der Waals surface area contributed by atoms with E-state index in [0.717, 1.165) is 16.8 Å². The molecule has 2 aromatic carbocycles. The molecular formula is C22H27NO. The van der Waals surface area contributed by atoms with E-state index in [-0.39, 0.29) is 5.56 Å². The van der Waals surface area contributed by atoms with E-state index in [1.165, 1.54) is 0 Å². The molecule has 0 unspecified atom stereocenters. The van der Waals surface area contributed by atoms with Crippen LogP contribution in [0.3, 0.4) is 0 Å². The number of nitrogens with zero attached hydrogens (tertiary/aromatic N) is 1. The van der Waals surface area contributed by atoms with Crippen LogP contribution in [0.1, 0.15) is 33.3 Å². The molecule has 0 aliphatic heterocycles. The second kappa shape index (κ2) is 11.0. The summed E-state index contributed by atoms with van der Waals surface area (Å²) in [4.78, 5) is 12.2. The monoisotopic (exact) mass is 321 g/mol. The van der Waals surface area contributed by atoms with Crippen molar-refractivity contribution in [3.05, 3.63) is 94.8 Å². The highest BCUT2D eigenvalue weighted by Gasteiger charge is 2.06. The van der Waals surface area contributed by atoms with E-state index in [1.807, 2.05) is 105 Å². The zero-order valence-corrected chi connectivity index (χ0v) is 15.1. The Labute approximate surface area is 145 Å². The Morgan fingerprint density at radius 3 is 1.79 bits per heavy atom. The topological polar surface area (TPSA) is 22.0 Å². The Balaban J connectivity index is 0.000000671. The third kappa shape index (κ3) is 5.24. The van der Waals surface area contributed by atoms with Gasteiger partial charge in [-0.15, -0.1) is 0 Å². The molecule has 2 nitrogen and oxygen atoms in total. The molecule has 0 aliphatic rings. The van der Waals surface area contributed by atoms with Crippen molar-refractivity contribution in [3.63, 3.8) is 0 Å². The molecule has 0 N–H and O–H groups in total. The Hall–Kier alpha value is -2.61. The van der Waals surface area contributed by atoms with Gasteiger partial charge in [0.05, 0.1) is 12.2 Å². The van der Waals surface area contributed by atoms with Gasteiger partial charge in [-0.3, -0.25) is 4.79 Å². The Kier molecular flexibility index (Phi) is 8.91. The second-order valence-corrected chi connectivity index (χ2v) is 4.69. The van der Waals surface area contributed by atoms with E-state index in [2.05, 4.69) is 0 Å². The zero-order chi connectivity index (χ0) is 17.8. The first kappa shape index (κ1) is 19.4. The molecule has 0 saturated carbocycles. The molecule has 126 valence electrons. The van der Waals surface area contributed by atoms with Crippen LogP contribution in [0.2, 0.25) is 0 Å². The lowest BCUT2D eigenvalue weighted by atomic mass is 10.1. The second-order valence-electron chi connectivity index (χ2n) is 4.69. The normalized spacial score (nSPS) is 9.17. The lowest BCUT2D eigenvalue weighted by Crippen LogP contribution is -2.21. The van der Waals surface area contributed by atoms with Crippen molar-refractivity contribution < 1.29 is 0 Å². The maximum atomic E-state index is 12.2. The van der Waals surface area contributed by atoms with Crippen molar-refractivity contribution in [1.82, 2.24) is 4.57 Å². The number of rotatable bonds is 3. The molecule has 3 rings (SSSR count). The molecule has 0 radical (unpaired) electrons. The van der Waals surface area contributed by atoms with Gasteiger partial charge in [0.15, 0.2) is 0 Å². The number of hydrogen-bond donors (Lipinski definition) is 0. The highest BCUT2D eigenvalue weighted by atomic mass is 16.1. The van der Waals surface area contributed by atoms with E-state index in [1.54, 1.807) is 6.07 Å². The maximum Gasteiger partial charge on any atom is 0.251 e. The Bertz CT molecular complexity index is 746. The molecule has 0 spiro atoms. The standard InChI is InChI=1S/C18H15NO.2C2H6/c20-18-13-7-12-17(16-10-5-2-6-11-16)19(18)14-15-8-3-1-4-9-15;2*1-2/h1-13H,14H2;2*1-2H3. The minimum atomic E-state index is 0.0233. The molecule has 1 aromatic heterocycles. The first-order chi connectivity index (χ1) is 11.8. The maximum absolute atomic E-state index is 12.2. The molecule has 0 aliphatic carbocycles. The summed E-state index contributed by atoms with van der Waals surface area (Å²) in [5, 5.41) is 0. The van der Waals surface area contributed by atoms with Crippen molar-refractivity contribution in [2.24, 2.45) is 0 Å². The molecule has 0 atom stereocenters. The molecule has 2 heteroatoms. The molecular weight excluding hydrogens is 294 g/mol. The van der Waals surface area contributed by atoms with E-state index in [0.29, 0.717) is 6.54 Å². The van der Waals surface area contributed by atoms with Gasteiger partial charge in [0.1, 0.15) is 0 Å². The number of pyridine rings is 1. The Morgan fingerprint density at radius 1 is 0.667 bits per heavy atom. The fourth-order valence-electron chi connectivity index (χ4n) is 2.31. The number of benzene rings is 2. The van der Waals surface area contributed by atoms with Crippen molar-refractivity contribution in [1.29, 1.82) is 0 Å². The van der Waals surface area contributed by atoms with Gasteiger partial charge in [-0.05, 0) is 17.2 Å². The van der Waals surface area contributed by atoms with Crippen LogP contribution >= 0.6 is 0 Å². The number of hydrogen-bond acceptors (Lipinski definition) is 1. The highest BCUT2D eigenvalue weighted by molar-refractivity contribution is 5.59. The molecule has 0 amide bonds. The first-order valence-corrected chi connectivity index (χ1v) is 8.64. The summed E-state index contributed by atoms with van der Waals surface area (Å²) < 4.78 is 1.81. The van der Waals surface area contributed by atoms with Crippen LogP contribution in [0.15, 0.2) is 83.7 Å². The largest absolute Gasteiger partial charge is 0.304 e. The van der Waals surface area contributed by atoms with Gasteiger partial charge in [-0.25, -0.2) is 0 Å². The average molecular weight is 321 g/mol. The quantitative estimate of drug-likeness (QED) is 0.614. The van der Waals surface area contributed by atoms with Gasteiger partial charge >= 0.3 is 0 Å². The van der Waals surface area contributed by atoms with Gasteiger partial charge in [0, 0.05) is 6.07 Å². The van der Waals surface area contributed by atoms with Crippen molar-refractivity contribution in [2.45, 2.75) is 34.2 Å². The van der Waals surface area contributed by atoms with Crippen LogP contribution in [0, 0.1) is 0 Å². The molecule has 0 fully saturated rings. The predicted octanol–water partition coefficient (Wildman–Crippen LogP) is 5.62. The summed E-state index contributed by atoms with van der Waals surface area (Å²) >= 11 is 0. The van der Waals surface area contributed by atoms with Crippen LogP contribution < -0.4 is 5.56 Å². The van der Waals surface area contributed by atoms with Gasteiger partial charge in [0.2, 0.25) is 0 Å². The van der Waals surface area contributed by atoms with Gasteiger partial charge in [0.25, 0.3) is 5.56 Å². The summed E-state index contributed by atoms with van der Waals surface area (Å²) in [6.07, 6.45) is 0. The Morgan fingerprint density at radius 2 is 1.21 bits per heavy atom. The minimum absolute atomic E-state index is 0.0233. The summed E-state index contributed by atoms with van der Waals surface area (Å²) in [6, 6.07) is 25.4. The van der Waals surface area contributed by atoms with E-state index in [4.69, 9.17) is 0 Å². The summed E-state index contributed by atoms with van der Waals surface area (Å²) in [6.45, 7) is 8.59. The van der Waals surface area contributed by atoms with Crippen LogP contribution in [0.25, 0.3) is 11.3 Å². The van der Waals surface area contributed by atoms with Crippen LogP contribution in [-0.2, 0) is 6.54 Å². The van der Waals surface area contributed by atoms with Crippen LogP contribution in [0.5, 0.6) is 0 Å². The van der Waals surface area contributed by atoms with E-state index in [9.17, 15) is 4.79 Å². The van der Waals surface area contributed by atoms with Gasteiger partial charge < -0.3 is 4.57 Å². The lowest BCUT2D eigenvalue weighted by molar-refractivity contribution is 0.768. The zero-order valence-electron chi connectivity index (χ0n) is 15.1. The summed E-state index contributed by atoms with van der Waals surface area (Å²) in [5.74, 6) is 0. The molecule has 24 heavy (non-hydrogen) atoms. The van der Waals surface area contributed by atoms with Gasteiger partial charge in [-0.2, -0.15) is 0 Å². The molecule has 1 heterocycles. The fourth-order valence-corrected chi connectivity index (χ4v) is 2.31. The van der Waals surface area contributed by atoms with E-state index < -0.39 is 0 Å². The predicted molar refractivity (Wildman–Crippen MR) is 104 cm³/mol. The third-order valence-corrected chi connectivity index (χ3v) is 3.30. The number of aromatic nitrogens is 1. The first-order valence-electron chi connectivity index (χ1n) is 8.64. The molecule has 0 saturated heterocycles. The highest BCUT2D eigenvalue weighted by Crippen LogP contribution is 2.18. The minimum Gasteiger partial charge on any atom is -0.304 e. The summed E-state index contributed by atoms with van der Waals surface area (Å²) in [7, 11) is 0. The van der Waals surface area contributed by atoms with Crippen molar-refractivity contribution >= 4 is 0 Å². The molecule has 0 bridgehead atoms. The van der Waals surface area contributed by atoms with E-state index >= 15 is 0 Å². The van der Waals surface area contributed by atoms with Crippen LogP contribution in [0.4, 0.5) is 0 Å². The van der Waals surface area contributed by atoms with Crippen molar-refractivity contribution in [2.75, 3.05) is 0 Å². The SMILES string of the molecule is CC.CC.O=c1cccc(-c2ccccc2)n1Cc1ccccc1. The molecule has 3 aromatic rings. The van der Waals surface area contributed by atoms with Gasteiger partial charge in [-0.1, -0.05) is 94.4 Å². The lowest BCUT2D eigenvalue weighted by Gasteiger charge is -2.12. The summed E-state index contributed by atoms with van der Waals surface area (Å²) in [5.41, 5.74) is 3.15. The average Bonchev–Trinajstić information content (AvgIpc) is 2.68.